The zero-order valence-electron chi connectivity index (χ0n) is 12.2. The first-order valence-electron chi connectivity index (χ1n) is 6.88. The van der Waals surface area contributed by atoms with Gasteiger partial charge < -0.3 is 0 Å². The molecule has 0 heterocycles. The Bertz CT molecular complexity index is 568. The van der Waals surface area contributed by atoms with Crippen molar-refractivity contribution in [3.63, 3.8) is 0 Å². The Balaban J connectivity index is 2.16. The first-order chi connectivity index (χ1) is 9.10. The summed E-state index contributed by atoms with van der Waals surface area (Å²) in [5.41, 5.74) is 8.27. The molecule has 0 N–H and O–H groups in total. The van der Waals surface area contributed by atoms with Crippen LogP contribution >= 0.6 is 0 Å². The minimum absolute atomic E-state index is 1.09. The molecule has 0 unspecified atom stereocenters. The molecule has 0 atom stereocenters. The molecular weight excluding hydrogens is 228 g/mol. The highest BCUT2D eigenvalue weighted by Crippen LogP contribution is 2.19. The summed E-state index contributed by atoms with van der Waals surface area (Å²) in [4.78, 5) is 0. The molecule has 0 nitrogen and oxygen atoms in total. The van der Waals surface area contributed by atoms with Crippen LogP contribution in [-0.4, -0.2) is 0 Å². The van der Waals surface area contributed by atoms with Gasteiger partial charge in [-0.25, -0.2) is 0 Å². The average molecular weight is 250 g/mol. The molecule has 2 aromatic rings. The summed E-state index contributed by atoms with van der Waals surface area (Å²) in [6, 6.07) is 13.2. The van der Waals surface area contributed by atoms with E-state index < -0.39 is 0 Å². The van der Waals surface area contributed by atoms with Crippen LogP contribution in [0.4, 0.5) is 0 Å². The Morgan fingerprint density at radius 1 is 0.947 bits per heavy atom. The van der Waals surface area contributed by atoms with Gasteiger partial charge in [-0.05, 0) is 61.4 Å². The van der Waals surface area contributed by atoms with E-state index in [-0.39, 0.29) is 0 Å². The molecule has 19 heavy (non-hydrogen) atoms. The zero-order chi connectivity index (χ0) is 13.8. The molecular formula is C19H22. The second-order valence-corrected chi connectivity index (χ2v) is 5.33. The number of hydrogen-bond acceptors (Lipinski definition) is 0. The van der Waals surface area contributed by atoms with E-state index >= 15 is 0 Å². The topological polar surface area (TPSA) is 0 Å². The standard InChI is InChI=1S/C19H22/c1-5-17-7-6-8-18(13-17)9-10-19-15(3)11-14(2)12-16(19)4/h5-8,11-13H,1,9-10H2,2-4H3. The van der Waals surface area contributed by atoms with Crippen molar-refractivity contribution in [2.24, 2.45) is 0 Å². The molecule has 0 amide bonds. The maximum absolute atomic E-state index is 3.83. The molecule has 2 aromatic carbocycles. The predicted molar refractivity (Wildman–Crippen MR) is 84.6 cm³/mol. The molecule has 0 fully saturated rings. The molecule has 0 radical (unpaired) electrons. The summed E-state index contributed by atoms with van der Waals surface area (Å²) in [7, 11) is 0. The summed E-state index contributed by atoms with van der Waals surface area (Å²) < 4.78 is 0. The van der Waals surface area contributed by atoms with Crippen LogP contribution in [0.2, 0.25) is 0 Å². The van der Waals surface area contributed by atoms with Crippen molar-refractivity contribution < 1.29 is 0 Å². The molecule has 98 valence electrons. The Labute approximate surface area is 116 Å². The lowest BCUT2D eigenvalue weighted by atomic mass is 9.94. The smallest absolute Gasteiger partial charge is 0.0233 e. The highest BCUT2D eigenvalue weighted by Gasteiger charge is 2.04. The summed E-state index contributed by atoms with van der Waals surface area (Å²) in [5, 5.41) is 0. The lowest BCUT2D eigenvalue weighted by molar-refractivity contribution is 0.935. The molecule has 0 heteroatoms. The third kappa shape index (κ3) is 3.35. The first kappa shape index (κ1) is 13.6. The minimum Gasteiger partial charge on any atom is -0.0985 e. The van der Waals surface area contributed by atoms with Crippen LogP contribution in [0.1, 0.15) is 33.4 Å². The maximum atomic E-state index is 3.83. The van der Waals surface area contributed by atoms with Gasteiger partial charge in [-0.1, -0.05) is 54.6 Å². The van der Waals surface area contributed by atoms with Gasteiger partial charge in [0.05, 0.1) is 0 Å². The fourth-order valence-electron chi connectivity index (χ4n) is 2.75. The lowest BCUT2D eigenvalue weighted by Gasteiger charge is -2.11. The third-order valence-corrected chi connectivity index (χ3v) is 3.69. The molecule has 0 bridgehead atoms. The van der Waals surface area contributed by atoms with E-state index in [0.717, 1.165) is 12.8 Å². The Kier molecular flexibility index (Phi) is 4.21. The maximum Gasteiger partial charge on any atom is -0.0233 e. The molecule has 2 rings (SSSR count). The Hall–Kier alpha value is -1.82. The lowest BCUT2D eigenvalue weighted by Crippen LogP contribution is -1.98. The van der Waals surface area contributed by atoms with Crippen LogP contribution in [0, 0.1) is 20.8 Å². The van der Waals surface area contributed by atoms with Crippen molar-refractivity contribution in [3.05, 3.63) is 76.4 Å². The van der Waals surface area contributed by atoms with Crippen molar-refractivity contribution in [2.45, 2.75) is 33.6 Å². The van der Waals surface area contributed by atoms with Gasteiger partial charge in [-0.3, -0.25) is 0 Å². The van der Waals surface area contributed by atoms with Gasteiger partial charge in [-0.2, -0.15) is 0 Å². The fourth-order valence-corrected chi connectivity index (χ4v) is 2.75. The number of hydrogen-bond donors (Lipinski definition) is 0. The van der Waals surface area contributed by atoms with Gasteiger partial charge >= 0.3 is 0 Å². The SMILES string of the molecule is C=Cc1cccc(CCc2c(C)cc(C)cc2C)c1. The highest BCUT2D eigenvalue weighted by molar-refractivity contribution is 5.48. The highest BCUT2D eigenvalue weighted by atomic mass is 14.1. The van der Waals surface area contributed by atoms with Crippen molar-refractivity contribution in [1.82, 2.24) is 0 Å². The van der Waals surface area contributed by atoms with Crippen LogP contribution in [-0.2, 0) is 12.8 Å². The number of aryl methyl sites for hydroxylation is 4. The van der Waals surface area contributed by atoms with Crippen LogP contribution in [0.5, 0.6) is 0 Å². The third-order valence-electron chi connectivity index (χ3n) is 3.69. The number of rotatable bonds is 4. The van der Waals surface area contributed by atoms with Crippen LogP contribution < -0.4 is 0 Å². The second kappa shape index (κ2) is 5.88. The van der Waals surface area contributed by atoms with E-state index in [0.29, 0.717) is 0 Å². The van der Waals surface area contributed by atoms with Gasteiger partial charge in [0.2, 0.25) is 0 Å². The fraction of sp³-hybridized carbons (Fsp3) is 0.263. The molecule has 0 spiro atoms. The van der Waals surface area contributed by atoms with Crippen molar-refractivity contribution in [1.29, 1.82) is 0 Å². The van der Waals surface area contributed by atoms with E-state index in [2.05, 4.69) is 63.7 Å². The molecule has 0 saturated heterocycles. The summed E-state index contributed by atoms with van der Waals surface area (Å²) in [6.07, 6.45) is 4.11. The van der Waals surface area contributed by atoms with Gasteiger partial charge in [-0.15, -0.1) is 0 Å². The van der Waals surface area contributed by atoms with Crippen molar-refractivity contribution in [2.75, 3.05) is 0 Å². The van der Waals surface area contributed by atoms with Crippen LogP contribution in [0.3, 0.4) is 0 Å². The quantitative estimate of drug-likeness (QED) is 0.713. The van der Waals surface area contributed by atoms with E-state index in [1.807, 2.05) is 6.08 Å². The van der Waals surface area contributed by atoms with E-state index in [9.17, 15) is 0 Å². The van der Waals surface area contributed by atoms with Gasteiger partial charge in [0.15, 0.2) is 0 Å². The monoisotopic (exact) mass is 250 g/mol. The molecule has 0 aliphatic carbocycles. The molecule has 0 aliphatic rings. The summed E-state index contributed by atoms with van der Waals surface area (Å²) >= 11 is 0. The van der Waals surface area contributed by atoms with Crippen molar-refractivity contribution >= 4 is 6.08 Å². The van der Waals surface area contributed by atoms with E-state index in [1.165, 1.54) is 33.4 Å². The van der Waals surface area contributed by atoms with Crippen molar-refractivity contribution in [3.8, 4) is 0 Å². The zero-order valence-corrected chi connectivity index (χ0v) is 12.2. The number of benzene rings is 2. The normalized spacial score (nSPS) is 10.5. The van der Waals surface area contributed by atoms with E-state index in [1.54, 1.807) is 0 Å². The minimum atomic E-state index is 1.09. The Morgan fingerprint density at radius 3 is 2.26 bits per heavy atom. The van der Waals surface area contributed by atoms with Crippen LogP contribution in [0.15, 0.2) is 43.0 Å². The van der Waals surface area contributed by atoms with E-state index in [4.69, 9.17) is 0 Å². The van der Waals surface area contributed by atoms with Gasteiger partial charge in [0, 0.05) is 0 Å². The molecule has 0 aromatic heterocycles. The largest absolute Gasteiger partial charge is 0.0985 e. The Morgan fingerprint density at radius 2 is 1.63 bits per heavy atom. The van der Waals surface area contributed by atoms with Gasteiger partial charge in [0.1, 0.15) is 0 Å². The molecule has 0 aliphatic heterocycles. The summed E-state index contributed by atoms with van der Waals surface area (Å²) in [5.74, 6) is 0. The average Bonchev–Trinajstić information content (AvgIpc) is 2.37. The van der Waals surface area contributed by atoms with Crippen LogP contribution in [0.25, 0.3) is 6.08 Å². The predicted octanol–water partition coefficient (Wildman–Crippen LogP) is 5.04. The first-order valence-corrected chi connectivity index (χ1v) is 6.88. The summed E-state index contributed by atoms with van der Waals surface area (Å²) in [6.45, 7) is 10.4. The molecule has 0 saturated carbocycles. The second-order valence-electron chi connectivity index (χ2n) is 5.33. The van der Waals surface area contributed by atoms with Gasteiger partial charge in [0.25, 0.3) is 0 Å².